The van der Waals surface area contributed by atoms with Gasteiger partial charge in [0.2, 0.25) is 0 Å². The normalized spacial score (nSPS) is 25.7. The maximum atomic E-state index is 12.2. The van der Waals surface area contributed by atoms with E-state index in [-0.39, 0.29) is 11.3 Å². The lowest BCUT2D eigenvalue weighted by Crippen LogP contribution is -2.49. The topological polar surface area (TPSA) is 86.0 Å². The smallest absolute Gasteiger partial charge is 0.256 e. The van der Waals surface area contributed by atoms with Gasteiger partial charge in [-0.25, -0.2) is 0 Å². The van der Waals surface area contributed by atoms with E-state index in [0.717, 1.165) is 19.3 Å². The number of amides is 1. The van der Waals surface area contributed by atoms with Gasteiger partial charge in [-0.3, -0.25) is 9.78 Å². The first-order valence-corrected chi connectivity index (χ1v) is 6.97. The van der Waals surface area contributed by atoms with Gasteiger partial charge in [0.25, 0.3) is 5.91 Å². The molecule has 0 saturated heterocycles. The fraction of sp³-hybridized carbons (Fsp3) is 0.533. The Balaban J connectivity index is 2.10. The van der Waals surface area contributed by atoms with Crippen molar-refractivity contribution in [3.63, 3.8) is 0 Å². The summed E-state index contributed by atoms with van der Waals surface area (Å²) in [6.07, 6.45) is 7.02. The van der Waals surface area contributed by atoms with E-state index in [1.54, 1.807) is 0 Å². The summed E-state index contributed by atoms with van der Waals surface area (Å²) >= 11 is 0. The molecular weight excluding hydrogens is 254 g/mol. The van der Waals surface area contributed by atoms with Gasteiger partial charge in [0, 0.05) is 6.20 Å². The number of hydrogen-bond acceptors (Lipinski definition) is 4. The molecule has 5 nitrogen and oxygen atoms in total. The molecule has 106 valence electrons. The van der Waals surface area contributed by atoms with Gasteiger partial charge in [-0.15, -0.1) is 0 Å². The van der Waals surface area contributed by atoms with Gasteiger partial charge < -0.3 is 10.4 Å². The highest BCUT2D eigenvalue weighted by atomic mass is 16.3. The van der Waals surface area contributed by atoms with Crippen LogP contribution in [0.25, 0.3) is 0 Å². The molecule has 1 aromatic heterocycles. The van der Waals surface area contributed by atoms with Gasteiger partial charge in [-0.05, 0) is 37.7 Å². The summed E-state index contributed by atoms with van der Waals surface area (Å²) in [6, 6.07) is 3.70. The Morgan fingerprint density at radius 1 is 1.60 bits per heavy atom. The Morgan fingerprint density at radius 3 is 2.85 bits per heavy atom. The molecule has 0 radical (unpaired) electrons. The number of carbonyl (C=O) groups excluding carboxylic acids is 1. The molecule has 1 saturated carbocycles. The fourth-order valence-electron chi connectivity index (χ4n) is 2.71. The van der Waals surface area contributed by atoms with E-state index in [2.05, 4.69) is 23.3 Å². The van der Waals surface area contributed by atoms with Crippen molar-refractivity contribution in [1.82, 2.24) is 10.3 Å². The summed E-state index contributed by atoms with van der Waals surface area (Å²) in [6.45, 7) is 2.15. The maximum Gasteiger partial charge on any atom is 0.256 e. The van der Waals surface area contributed by atoms with Gasteiger partial charge in [-0.1, -0.05) is 13.3 Å². The van der Waals surface area contributed by atoms with E-state index < -0.39 is 11.4 Å². The molecule has 1 aliphatic carbocycles. The van der Waals surface area contributed by atoms with Crippen molar-refractivity contribution in [2.75, 3.05) is 0 Å². The second kappa shape index (κ2) is 5.91. The highest BCUT2D eigenvalue weighted by Crippen LogP contribution is 2.33. The number of aromatic hydroxyl groups is 1. The first kappa shape index (κ1) is 14.3. The standard InChI is InChI=1S/C15H19N3O2/c1-2-11-3-6-15(10-16,7-4-11)18-14(20)12-5-8-17-9-13(12)19/h5,8-9,11,19H,2-4,6-7H2,1H3,(H,18,20). The van der Waals surface area contributed by atoms with Crippen molar-refractivity contribution in [2.24, 2.45) is 5.92 Å². The molecule has 0 spiro atoms. The number of hydrogen-bond donors (Lipinski definition) is 2. The molecular formula is C15H19N3O2. The highest BCUT2D eigenvalue weighted by molar-refractivity contribution is 5.97. The molecule has 2 rings (SSSR count). The van der Waals surface area contributed by atoms with Crippen molar-refractivity contribution < 1.29 is 9.90 Å². The maximum absolute atomic E-state index is 12.2. The van der Waals surface area contributed by atoms with Crippen LogP contribution in [0.3, 0.4) is 0 Å². The molecule has 1 heterocycles. The van der Waals surface area contributed by atoms with Crippen LogP contribution in [0.4, 0.5) is 0 Å². The van der Waals surface area contributed by atoms with Crippen LogP contribution < -0.4 is 5.32 Å². The fourth-order valence-corrected chi connectivity index (χ4v) is 2.71. The van der Waals surface area contributed by atoms with E-state index in [0.29, 0.717) is 18.8 Å². The summed E-state index contributed by atoms with van der Waals surface area (Å²) in [5.74, 6) is 0.0597. The molecule has 1 aromatic rings. The van der Waals surface area contributed by atoms with Crippen molar-refractivity contribution in [2.45, 2.75) is 44.6 Å². The second-order valence-electron chi connectivity index (χ2n) is 5.39. The zero-order chi connectivity index (χ0) is 14.6. The second-order valence-corrected chi connectivity index (χ2v) is 5.39. The minimum atomic E-state index is -0.807. The summed E-state index contributed by atoms with van der Waals surface area (Å²) < 4.78 is 0. The molecule has 0 aromatic carbocycles. The van der Waals surface area contributed by atoms with Crippen LogP contribution >= 0.6 is 0 Å². The van der Waals surface area contributed by atoms with Gasteiger partial charge in [0.05, 0.1) is 17.8 Å². The van der Waals surface area contributed by atoms with Crippen LogP contribution in [0, 0.1) is 17.2 Å². The Hall–Kier alpha value is -2.09. The molecule has 1 aliphatic rings. The van der Waals surface area contributed by atoms with Gasteiger partial charge in [0.15, 0.2) is 0 Å². The average molecular weight is 273 g/mol. The number of nitriles is 1. The predicted octanol–water partition coefficient (Wildman–Crippen LogP) is 2.38. The van der Waals surface area contributed by atoms with Crippen LogP contribution in [0.2, 0.25) is 0 Å². The predicted molar refractivity (Wildman–Crippen MR) is 74.0 cm³/mol. The number of pyridine rings is 1. The van der Waals surface area contributed by atoms with Gasteiger partial charge in [0.1, 0.15) is 11.3 Å². The summed E-state index contributed by atoms with van der Waals surface area (Å²) in [4.78, 5) is 15.9. The summed E-state index contributed by atoms with van der Waals surface area (Å²) in [5.41, 5.74) is -0.648. The van der Waals surface area contributed by atoms with E-state index in [1.807, 2.05) is 0 Å². The third kappa shape index (κ3) is 2.90. The lowest BCUT2D eigenvalue weighted by molar-refractivity contribution is 0.0888. The lowest BCUT2D eigenvalue weighted by Gasteiger charge is -2.35. The Kier molecular flexibility index (Phi) is 4.23. The number of aromatic nitrogens is 1. The van der Waals surface area contributed by atoms with Crippen molar-refractivity contribution in [1.29, 1.82) is 5.26 Å². The van der Waals surface area contributed by atoms with Crippen LogP contribution in [0.1, 0.15) is 49.4 Å². The lowest BCUT2D eigenvalue weighted by atomic mass is 9.76. The summed E-state index contributed by atoms with van der Waals surface area (Å²) in [7, 11) is 0. The van der Waals surface area contributed by atoms with E-state index in [9.17, 15) is 15.2 Å². The largest absolute Gasteiger partial charge is 0.505 e. The van der Waals surface area contributed by atoms with Crippen molar-refractivity contribution in [3.8, 4) is 11.8 Å². The molecule has 2 N–H and O–H groups in total. The van der Waals surface area contributed by atoms with E-state index in [1.165, 1.54) is 18.5 Å². The Morgan fingerprint density at radius 2 is 2.30 bits per heavy atom. The third-order valence-electron chi connectivity index (χ3n) is 4.15. The first-order valence-electron chi connectivity index (χ1n) is 6.97. The molecule has 0 atom stereocenters. The van der Waals surface area contributed by atoms with E-state index >= 15 is 0 Å². The first-order chi connectivity index (χ1) is 9.60. The molecule has 20 heavy (non-hydrogen) atoms. The van der Waals surface area contributed by atoms with Crippen molar-refractivity contribution >= 4 is 5.91 Å². The van der Waals surface area contributed by atoms with Gasteiger partial charge >= 0.3 is 0 Å². The van der Waals surface area contributed by atoms with Gasteiger partial charge in [-0.2, -0.15) is 5.26 Å². The van der Waals surface area contributed by atoms with Crippen LogP contribution in [-0.2, 0) is 0 Å². The number of rotatable bonds is 3. The minimum Gasteiger partial charge on any atom is -0.505 e. The zero-order valence-corrected chi connectivity index (χ0v) is 11.6. The Bertz CT molecular complexity index is 528. The summed E-state index contributed by atoms with van der Waals surface area (Å²) in [5, 5.41) is 21.9. The third-order valence-corrected chi connectivity index (χ3v) is 4.15. The molecule has 0 aliphatic heterocycles. The van der Waals surface area contributed by atoms with Crippen LogP contribution in [-0.4, -0.2) is 21.5 Å². The van der Waals surface area contributed by atoms with Crippen molar-refractivity contribution in [3.05, 3.63) is 24.0 Å². The molecule has 1 amide bonds. The molecule has 0 unspecified atom stereocenters. The zero-order valence-electron chi connectivity index (χ0n) is 11.6. The molecule has 0 bridgehead atoms. The average Bonchev–Trinajstić information content (AvgIpc) is 2.48. The highest BCUT2D eigenvalue weighted by Gasteiger charge is 2.36. The minimum absolute atomic E-state index is 0.159. The molecule has 5 heteroatoms. The monoisotopic (exact) mass is 273 g/mol. The quantitative estimate of drug-likeness (QED) is 0.885. The molecule has 1 fully saturated rings. The van der Waals surface area contributed by atoms with Crippen LogP contribution in [0.5, 0.6) is 5.75 Å². The number of nitrogens with zero attached hydrogens (tertiary/aromatic N) is 2. The number of nitrogens with one attached hydrogen (secondary N) is 1. The van der Waals surface area contributed by atoms with E-state index in [4.69, 9.17) is 0 Å². The SMILES string of the molecule is CCC1CCC(C#N)(NC(=O)c2ccncc2O)CC1. The Labute approximate surface area is 118 Å². The van der Waals surface area contributed by atoms with Crippen LogP contribution in [0.15, 0.2) is 18.5 Å². The number of carbonyl (C=O) groups is 1.